The molecule has 1 aromatic carbocycles. The molecule has 156 valence electrons. The van der Waals surface area contributed by atoms with Crippen molar-refractivity contribution in [2.75, 3.05) is 13.2 Å². The zero-order valence-electron chi connectivity index (χ0n) is 17.3. The van der Waals surface area contributed by atoms with Gasteiger partial charge in [0.15, 0.2) is 0 Å². The van der Waals surface area contributed by atoms with Crippen LogP contribution in [-0.4, -0.2) is 38.7 Å². The van der Waals surface area contributed by atoms with Crippen molar-refractivity contribution < 1.29 is 23.1 Å². The number of benzene rings is 1. The van der Waals surface area contributed by atoms with Crippen LogP contribution >= 0.6 is 0 Å². The number of hydrogen-bond acceptors (Lipinski definition) is 5. The van der Waals surface area contributed by atoms with Gasteiger partial charge in [-0.1, -0.05) is 49.8 Å². The maximum atomic E-state index is 12.7. The highest BCUT2D eigenvalue weighted by Crippen LogP contribution is 2.17. The summed E-state index contributed by atoms with van der Waals surface area (Å²) < 4.78 is 33.2. The Hall–Kier alpha value is -1.96. The van der Waals surface area contributed by atoms with Gasteiger partial charge in [0.1, 0.15) is 0 Å². The molecule has 0 aromatic heterocycles. The topological polar surface area (TPSA) is 92.7 Å². The van der Waals surface area contributed by atoms with Crippen LogP contribution in [0, 0.1) is 12.3 Å². The van der Waals surface area contributed by atoms with Crippen LogP contribution in [0.4, 0.5) is 0 Å². The maximum absolute atomic E-state index is 12.7. The molecule has 0 aliphatic heterocycles. The smallest absolute Gasteiger partial charge is 0.333 e. The minimum absolute atomic E-state index is 0.0454. The van der Waals surface area contributed by atoms with Crippen molar-refractivity contribution in [3.8, 4) is 0 Å². The molecule has 0 bridgehead atoms. The number of aliphatic hydroxyl groups is 1. The van der Waals surface area contributed by atoms with E-state index in [1.807, 2.05) is 20.8 Å². The van der Waals surface area contributed by atoms with Gasteiger partial charge in [-0.05, 0) is 39.3 Å². The van der Waals surface area contributed by atoms with Crippen molar-refractivity contribution in [1.29, 1.82) is 0 Å². The lowest BCUT2D eigenvalue weighted by molar-refractivity contribution is -0.142. The van der Waals surface area contributed by atoms with E-state index in [-0.39, 0.29) is 30.1 Å². The molecule has 1 aromatic rings. The van der Waals surface area contributed by atoms with Gasteiger partial charge < -0.3 is 9.84 Å². The fourth-order valence-electron chi connectivity index (χ4n) is 2.28. The zero-order valence-corrected chi connectivity index (χ0v) is 18.1. The van der Waals surface area contributed by atoms with E-state index in [9.17, 15) is 18.3 Å². The van der Waals surface area contributed by atoms with Crippen LogP contribution in [0.5, 0.6) is 0 Å². The predicted molar refractivity (Wildman–Crippen MR) is 110 cm³/mol. The van der Waals surface area contributed by atoms with E-state index in [0.29, 0.717) is 0 Å². The van der Waals surface area contributed by atoms with Crippen molar-refractivity contribution in [2.45, 2.75) is 52.0 Å². The third-order valence-electron chi connectivity index (χ3n) is 3.95. The number of carbonyl (C=O) groups excluding carboxylic acids is 1. The molecular formula is C21H31NO5S. The number of esters is 1. The molecule has 0 saturated heterocycles. The van der Waals surface area contributed by atoms with Gasteiger partial charge in [-0.3, -0.25) is 0 Å². The van der Waals surface area contributed by atoms with Gasteiger partial charge in [0.05, 0.1) is 18.1 Å². The number of carbonyl (C=O) groups is 1. The van der Waals surface area contributed by atoms with Crippen LogP contribution in [0.2, 0.25) is 0 Å². The summed E-state index contributed by atoms with van der Waals surface area (Å²) >= 11 is 0. The van der Waals surface area contributed by atoms with E-state index in [1.165, 1.54) is 12.1 Å². The van der Waals surface area contributed by atoms with Crippen molar-refractivity contribution >= 4 is 16.0 Å². The number of nitrogens with one attached hydrogen (secondary N) is 1. The summed E-state index contributed by atoms with van der Waals surface area (Å²) in [5.41, 5.74) is 1.46. The summed E-state index contributed by atoms with van der Waals surface area (Å²) in [6.45, 7) is 12.8. The molecule has 0 spiro atoms. The van der Waals surface area contributed by atoms with Crippen molar-refractivity contribution in [3.05, 3.63) is 53.6 Å². The minimum atomic E-state index is -3.75. The first-order chi connectivity index (χ1) is 12.9. The third-order valence-corrected chi connectivity index (χ3v) is 5.46. The molecule has 1 unspecified atom stereocenters. The molecule has 1 atom stereocenters. The van der Waals surface area contributed by atoms with Gasteiger partial charge in [0.2, 0.25) is 10.0 Å². The quantitative estimate of drug-likeness (QED) is 0.352. The predicted octanol–water partition coefficient (Wildman–Crippen LogP) is 3.12. The SMILES string of the molecule is C=C(CC(C=C(C)C)NS(=O)(=O)c1ccc(C)cc1)C(=O)OCC(C)(C)CO. The summed E-state index contributed by atoms with van der Waals surface area (Å²) in [6, 6.07) is 5.89. The molecule has 0 amide bonds. The molecule has 2 N–H and O–H groups in total. The molecular weight excluding hydrogens is 378 g/mol. The van der Waals surface area contributed by atoms with Crippen LogP contribution in [0.3, 0.4) is 0 Å². The number of sulfonamides is 1. The van der Waals surface area contributed by atoms with E-state index < -0.39 is 27.4 Å². The van der Waals surface area contributed by atoms with Crippen LogP contribution < -0.4 is 4.72 Å². The van der Waals surface area contributed by atoms with E-state index in [1.54, 1.807) is 32.1 Å². The number of aliphatic hydroxyl groups excluding tert-OH is 1. The Morgan fingerprint density at radius 3 is 2.36 bits per heavy atom. The lowest BCUT2D eigenvalue weighted by Gasteiger charge is -2.22. The Balaban J connectivity index is 2.88. The Bertz CT molecular complexity index is 819. The normalized spacial score (nSPS) is 12.9. The molecule has 0 radical (unpaired) electrons. The second-order valence-corrected chi connectivity index (χ2v) is 9.70. The molecule has 1 rings (SSSR count). The highest BCUT2D eigenvalue weighted by molar-refractivity contribution is 7.89. The Morgan fingerprint density at radius 2 is 1.86 bits per heavy atom. The second-order valence-electron chi connectivity index (χ2n) is 7.99. The highest BCUT2D eigenvalue weighted by atomic mass is 32.2. The zero-order chi connectivity index (χ0) is 21.5. The lowest BCUT2D eigenvalue weighted by Crippen LogP contribution is -2.35. The van der Waals surface area contributed by atoms with Gasteiger partial charge in [0, 0.05) is 17.0 Å². The summed E-state index contributed by atoms with van der Waals surface area (Å²) in [5, 5.41) is 9.24. The van der Waals surface area contributed by atoms with Gasteiger partial charge in [-0.15, -0.1) is 0 Å². The number of ether oxygens (including phenoxy) is 1. The average molecular weight is 410 g/mol. The van der Waals surface area contributed by atoms with Gasteiger partial charge in [-0.25, -0.2) is 17.9 Å². The number of allylic oxidation sites excluding steroid dienone is 1. The third kappa shape index (κ3) is 7.96. The molecule has 28 heavy (non-hydrogen) atoms. The molecule has 0 saturated carbocycles. The largest absolute Gasteiger partial charge is 0.462 e. The molecule has 0 fully saturated rings. The summed E-state index contributed by atoms with van der Waals surface area (Å²) in [4.78, 5) is 12.4. The minimum Gasteiger partial charge on any atom is -0.462 e. The Morgan fingerprint density at radius 1 is 1.29 bits per heavy atom. The first kappa shape index (κ1) is 24.1. The van der Waals surface area contributed by atoms with Gasteiger partial charge >= 0.3 is 5.97 Å². The van der Waals surface area contributed by atoms with Crippen LogP contribution in [-0.2, 0) is 19.6 Å². The average Bonchev–Trinajstić information content (AvgIpc) is 2.59. The molecule has 0 heterocycles. The summed E-state index contributed by atoms with van der Waals surface area (Å²) in [7, 11) is -3.75. The maximum Gasteiger partial charge on any atom is 0.333 e. The fraction of sp³-hybridized carbons (Fsp3) is 0.476. The van der Waals surface area contributed by atoms with Crippen molar-refractivity contribution in [2.24, 2.45) is 5.41 Å². The fourth-order valence-corrected chi connectivity index (χ4v) is 3.46. The molecule has 0 aliphatic carbocycles. The Labute approximate surface area is 168 Å². The Kier molecular flexibility index (Phi) is 8.60. The number of aryl methyl sites for hydroxylation is 1. The van der Waals surface area contributed by atoms with E-state index in [0.717, 1.165) is 11.1 Å². The molecule has 0 aliphatic rings. The van der Waals surface area contributed by atoms with Crippen molar-refractivity contribution in [3.63, 3.8) is 0 Å². The van der Waals surface area contributed by atoms with E-state index in [2.05, 4.69) is 11.3 Å². The second kappa shape index (κ2) is 10.0. The molecule has 6 nitrogen and oxygen atoms in total. The summed E-state index contributed by atoms with van der Waals surface area (Å²) in [5.74, 6) is -0.608. The van der Waals surface area contributed by atoms with Crippen LogP contribution in [0.15, 0.2) is 53.0 Å². The highest BCUT2D eigenvalue weighted by Gasteiger charge is 2.23. The van der Waals surface area contributed by atoms with E-state index in [4.69, 9.17) is 4.74 Å². The molecule has 7 heteroatoms. The lowest BCUT2D eigenvalue weighted by atomic mass is 9.96. The van der Waals surface area contributed by atoms with E-state index >= 15 is 0 Å². The van der Waals surface area contributed by atoms with Crippen LogP contribution in [0.1, 0.15) is 39.7 Å². The monoisotopic (exact) mass is 409 g/mol. The van der Waals surface area contributed by atoms with Gasteiger partial charge in [-0.2, -0.15) is 0 Å². The van der Waals surface area contributed by atoms with Crippen LogP contribution in [0.25, 0.3) is 0 Å². The number of hydrogen-bond donors (Lipinski definition) is 2. The standard InChI is InChI=1S/C21H31NO5S/c1-15(2)11-18(12-17(4)20(24)27-14-21(5,6)13-23)22-28(25,26)19-9-7-16(3)8-10-19/h7-11,18,22-23H,4,12-14H2,1-3,5-6H3. The first-order valence-electron chi connectivity index (χ1n) is 9.06. The van der Waals surface area contributed by atoms with Gasteiger partial charge in [0.25, 0.3) is 0 Å². The van der Waals surface area contributed by atoms with Crippen molar-refractivity contribution in [1.82, 2.24) is 4.72 Å². The number of rotatable bonds is 10. The summed E-state index contributed by atoms with van der Waals surface area (Å²) in [6.07, 6.45) is 1.82. The first-order valence-corrected chi connectivity index (χ1v) is 10.5.